The van der Waals surface area contributed by atoms with Gasteiger partial charge < -0.3 is 10.6 Å². The average Bonchev–Trinajstić information content (AvgIpc) is 2.51. The van der Waals surface area contributed by atoms with E-state index in [0.29, 0.717) is 12.3 Å². The smallest absolute Gasteiger partial charge is 0.222 e. The number of hydrogen-bond acceptors (Lipinski definition) is 2. The van der Waals surface area contributed by atoms with Gasteiger partial charge in [0.15, 0.2) is 0 Å². The quantitative estimate of drug-likeness (QED) is 0.870. The fourth-order valence-corrected chi connectivity index (χ4v) is 2.98. The van der Waals surface area contributed by atoms with Crippen LogP contribution in [0.2, 0.25) is 0 Å². The molecule has 3 heteroatoms. The van der Waals surface area contributed by atoms with Crippen molar-refractivity contribution >= 4 is 5.91 Å². The SMILES string of the molecule is CCCCC(=O)N1CCc2ccc(C(N)CCC)cc2C1. The molecular formula is C18H28N2O. The molecule has 0 radical (unpaired) electrons. The van der Waals surface area contributed by atoms with E-state index in [1.807, 2.05) is 4.90 Å². The number of benzene rings is 1. The first kappa shape index (κ1) is 16.0. The topological polar surface area (TPSA) is 46.3 Å². The maximum Gasteiger partial charge on any atom is 0.222 e. The zero-order chi connectivity index (χ0) is 15.2. The molecule has 1 unspecified atom stereocenters. The van der Waals surface area contributed by atoms with Crippen molar-refractivity contribution in [1.29, 1.82) is 0 Å². The van der Waals surface area contributed by atoms with Crippen molar-refractivity contribution in [3.05, 3.63) is 34.9 Å². The molecule has 1 aromatic rings. The molecule has 1 heterocycles. The van der Waals surface area contributed by atoms with Crippen LogP contribution in [0.4, 0.5) is 0 Å². The second-order valence-corrected chi connectivity index (χ2v) is 6.09. The Kier molecular flexibility index (Phi) is 5.80. The molecule has 0 spiro atoms. The number of nitrogens with two attached hydrogens (primary N) is 1. The summed E-state index contributed by atoms with van der Waals surface area (Å²) in [5.74, 6) is 0.297. The van der Waals surface area contributed by atoms with E-state index in [9.17, 15) is 4.79 Å². The minimum absolute atomic E-state index is 0.117. The van der Waals surface area contributed by atoms with Gasteiger partial charge in [0, 0.05) is 25.6 Å². The average molecular weight is 288 g/mol. The van der Waals surface area contributed by atoms with E-state index < -0.39 is 0 Å². The van der Waals surface area contributed by atoms with Crippen LogP contribution in [0, 0.1) is 0 Å². The molecule has 0 aromatic heterocycles. The van der Waals surface area contributed by atoms with Gasteiger partial charge in [0.1, 0.15) is 0 Å². The standard InChI is InChI=1S/C18H28N2O/c1-3-5-7-18(21)20-11-10-14-8-9-15(12-16(14)13-20)17(19)6-4-2/h8-9,12,17H,3-7,10-11,13,19H2,1-2H3. The van der Waals surface area contributed by atoms with Gasteiger partial charge in [0.05, 0.1) is 0 Å². The summed E-state index contributed by atoms with van der Waals surface area (Å²) in [4.78, 5) is 14.2. The van der Waals surface area contributed by atoms with Crippen LogP contribution in [0.3, 0.4) is 0 Å². The molecule has 3 nitrogen and oxygen atoms in total. The van der Waals surface area contributed by atoms with Gasteiger partial charge in [0.2, 0.25) is 5.91 Å². The summed E-state index contributed by atoms with van der Waals surface area (Å²) in [6.45, 7) is 5.90. The zero-order valence-corrected chi connectivity index (χ0v) is 13.4. The lowest BCUT2D eigenvalue weighted by molar-refractivity contribution is -0.132. The van der Waals surface area contributed by atoms with Gasteiger partial charge in [-0.05, 0) is 36.0 Å². The summed E-state index contributed by atoms with van der Waals surface area (Å²) in [5.41, 5.74) is 10.1. The number of unbranched alkanes of at least 4 members (excludes halogenated alkanes) is 1. The fraction of sp³-hybridized carbons (Fsp3) is 0.611. The maximum atomic E-state index is 12.2. The largest absolute Gasteiger partial charge is 0.338 e. The van der Waals surface area contributed by atoms with Gasteiger partial charge >= 0.3 is 0 Å². The van der Waals surface area contributed by atoms with Crippen LogP contribution in [0.5, 0.6) is 0 Å². The van der Waals surface area contributed by atoms with E-state index in [4.69, 9.17) is 5.73 Å². The van der Waals surface area contributed by atoms with Crippen LogP contribution in [-0.4, -0.2) is 17.4 Å². The van der Waals surface area contributed by atoms with Gasteiger partial charge in [-0.25, -0.2) is 0 Å². The Morgan fingerprint density at radius 2 is 2.10 bits per heavy atom. The van der Waals surface area contributed by atoms with Crippen LogP contribution in [-0.2, 0) is 17.8 Å². The zero-order valence-electron chi connectivity index (χ0n) is 13.4. The highest BCUT2D eigenvalue weighted by Crippen LogP contribution is 2.24. The monoisotopic (exact) mass is 288 g/mol. The first-order valence-corrected chi connectivity index (χ1v) is 8.30. The number of fused-ring (bicyclic) bond motifs is 1. The molecule has 0 saturated heterocycles. The van der Waals surface area contributed by atoms with Gasteiger partial charge in [0.25, 0.3) is 0 Å². The molecule has 116 valence electrons. The molecular weight excluding hydrogens is 260 g/mol. The predicted molar refractivity (Wildman–Crippen MR) is 86.9 cm³/mol. The summed E-state index contributed by atoms with van der Waals surface area (Å²) >= 11 is 0. The highest BCUT2D eigenvalue weighted by atomic mass is 16.2. The summed E-state index contributed by atoms with van der Waals surface area (Å²) in [6.07, 6.45) is 5.82. The van der Waals surface area contributed by atoms with Crippen molar-refractivity contribution in [3.63, 3.8) is 0 Å². The van der Waals surface area contributed by atoms with E-state index >= 15 is 0 Å². The van der Waals surface area contributed by atoms with Gasteiger partial charge in [-0.3, -0.25) is 4.79 Å². The normalized spacial score (nSPS) is 15.7. The maximum absolute atomic E-state index is 12.2. The number of amides is 1. The van der Waals surface area contributed by atoms with Crippen molar-refractivity contribution in [2.75, 3.05) is 6.54 Å². The Morgan fingerprint density at radius 3 is 2.81 bits per heavy atom. The molecule has 0 fully saturated rings. The van der Waals surface area contributed by atoms with E-state index in [2.05, 4.69) is 32.0 Å². The van der Waals surface area contributed by atoms with Crippen LogP contribution >= 0.6 is 0 Å². The molecule has 0 aliphatic carbocycles. The van der Waals surface area contributed by atoms with Crippen molar-refractivity contribution in [2.45, 2.75) is 65.0 Å². The molecule has 1 aliphatic rings. The van der Waals surface area contributed by atoms with Crippen molar-refractivity contribution in [3.8, 4) is 0 Å². The predicted octanol–water partition coefficient (Wildman–Crippen LogP) is 3.56. The lowest BCUT2D eigenvalue weighted by atomic mass is 9.93. The first-order chi connectivity index (χ1) is 10.2. The number of hydrogen-bond donors (Lipinski definition) is 1. The van der Waals surface area contributed by atoms with Crippen molar-refractivity contribution in [2.24, 2.45) is 5.73 Å². The van der Waals surface area contributed by atoms with E-state index in [1.54, 1.807) is 0 Å². The van der Waals surface area contributed by atoms with Gasteiger partial charge in [-0.1, -0.05) is 44.9 Å². The molecule has 1 aromatic carbocycles. The number of nitrogens with zero attached hydrogens (tertiary/aromatic N) is 1. The molecule has 2 N–H and O–H groups in total. The molecule has 21 heavy (non-hydrogen) atoms. The second-order valence-electron chi connectivity index (χ2n) is 6.09. The Balaban J connectivity index is 2.07. The number of rotatable bonds is 6. The van der Waals surface area contributed by atoms with E-state index in [0.717, 1.165) is 45.2 Å². The molecule has 0 bridgehead atoms. The van der Waals surface area contributed by atoms with Crippen LogP contribution in [0.25, 0.3) is 0 Å². The third-order valence-corrected chi connectivity index (χ3v) is 4.37. The molecule has 1 aliphatic heterocycles. The Bertz CT molecular complexity index is 484. The fourth-order valence-electron chi connectivity index (χ4n) is 2.98. The van der Waals surface area contributed by atoms with Crippen molar-refractivity contribution < 1.29 is 4.79 Å². The summed E-state index contributed by atoms with van der Waals surface area (Å²) < 4.78 is 0. The Labute approximate surface area is 128 Å². The van der Waals surface area contributed by atoms with Gasteiger partial charge in [-0.2, -0.15) is 0 Å². The van der Waals surface area contributed by atoms with Crippen molar-refractivity contribution in [1.82, 2.24) is 4.90 Å². The molecule has 1 atom stereocenters. The first-order valence-electron chi connectivity index (χ1n) is 8.30. The Hall–Kier alpha value is -1.35. The summed E-state index contributed by atoms with van der Waals surface area (Å²) in [5, 5.41) is 0. The van der Waals surface area contributed by atoms with Crippen LogP contribution in [0.15, 0.2) is 18.2 Å². The molecule has 2 rings (SSSR count). The van der Waals surface area contributed by atoms with Gasteiger partial charge in [-0.15, -0.1) is 0 Å². The molecule has 1 amide bonds. The van der Waals surface area contributed by atoms with E-state index in [-0.39, 0.29) is 6.04 Å². The Morgan fingerprint density at radius 1 is 1.29 bits per heavy atom. The lowest BCUT2D eigenvalue weighted by Crippen LogP contribution is -2.35. The third kappa shape index (κ3) is 4.07. The summed E-state index contributed by atoms with van der Waals surface area (Å²) in [7, 11) is 0. The lowest BCUT2D eigenvalue weighted by Gasteiger charge is -2.30. The van der Waals surface area contributed by atoms with Crippen LogP contribution < -0.4 is 5.73 Å². The minimum Gasteiger partial charge on any atom is -0.338 e. The van der Waals surface area contributed by atoms with E-state index in [1.165, 1.54) is 16.7 Å². The number of carbonyl (C=O) groups is 1. The summed E-state index contributed by atoms with van der Waals surface area (Å²) in [6, 6.07) is 6.70. The minimum atomic E-state index is 0.117. The second kappa shape index (κ2) is 7.60. The van der Waals surface area contributed by atoms with Crippen LogP contribution in [0.1, 0.15) is 68.7 Å². The third-order valence-electron chi connectivity index (χ3n) is 4.37. The molecule has 0 saturated carbocycles. The highest BCUT2D eigenvalue weighted by Gasteiger charge is 2.21. The highest BCUT2D eigenvalue weighted by molar-refractivity contribution is 5.76. The number of carbonyl (C=O) groups excluding carboxylic acids is 1.